The Hall–Kier alpha value is -1.35. The zero-order chi connectivity index (χ0) is 8.55. The Morgan fingerprint density at radius 3 is 2.83 bits per heavy atom. The number of rotatable bonds is 1. The number of hydrogen-bond acceptors (Lipinski definition) is 2. The standard InChI is InChI=1S/C9H6O2S/c10-9(11)8-4-6-2-1-3-7(6)5-12-8/h1-5H,(H,10,11). The molecule has 0 fully saturated rings. The van der Waals surface area contributed by atoms with Crippen LogP contribution in [0.1, 0.15) is 9.67 Å². The van der Waals surface area contributed by atoms with Crippen molar-refractivity contribution < 1.29 is 9.90 Å². The molecule has 1 aliphatic carbocycles. The van der Waals surface area contributed by atoms with Crippen molar-refractivity contribution in [2.75, 3.05) is 0 Å². The average molecular weight is 178 g/mol. The van der Waals surface area contributed by atoms with Crippen molar-refractivity contribution in [1.82, 2.24) is 0 Å². The molecular formula is C9H6O2S. The molecule has 0 radical (unpaired) electrons. The first kappa shape index (κ1) is 7.31. The lowest BCUT2D eigenvalue weighted by Gasteiger charge is -1.98. The summed E-state index contributed by atoms with van der Waals surface area (Å²) in [5, 5.41) is 10.6. The Bertz CT molecular complexity index is 392. The second kappa shape index (κ2) is 2.60. The van der Waals surface area contributed by atoms with Gasteiger partial charge >= 0.3 is 5.97 Å². The molecule has 0 spiro atoms. The van der Waals surface area contributed by atoms with E-state index in [4.69, 9.17) is 5.11 Å². The average Bonchev–Trinajstić information content (AvgIpc) is 2.49. The van der Waals surface area contributed by atoms with Crippen molar-refractivity contribution >= 4 is 17.3 Å². The molecule has 2 rings (SSSR count). The van der Waals surface area contributed by atoms with Gasteiger partial charge in [0, 0.05) is 0 Å². The molecule has 0 aromatic carbocycles. The maximum Gasteiger partial charge on any atom is 0.345 e. The van der Waals surface area contributed by atoms with Crippen molar-refractivity contribution in [3.8, 4) is 11.1 Å². The molecule has 0 amide bonds. The van der Waals surface area contributed by atoms with Crippen molar-refractivity contribution in [1.29, 1.82) is 0 Å². The van der Waals surface area contributed by atoms with Gasteiger partial charge in [0.05, 0.1) is 0 Å². The van der Waals surface area contributed by atoms with Crippen LogP contribution in [0, 0.1) is 0 Å². The van der Waals surface area contributed by atoms with Crippen molar-refractivity contribution in [2.45, 2.75) is 0 Å². The molecular weight excluding hydrogens is 172 g/mol. The fourth-order valence-electron chi connectivity index (χ4n) is 1.10. The van der Waals surface area contributed by atoms with Gasteiger partial charge in [0.15, 0.2) is 0 Å². The van der Waals surface area contributed by atoms with E-state index in [1.54, 1.807) is 6.07 Å². The van der Waals surface area contributed by atoms with E-state index < -0.39 is 5.97 Å². The molecule has 1 N–H and O–H groups in total. The van der Waals surface area contributed by atoms with Gasteiger partial charge in [0.25, 0.3) is 0 Å². The van der Waals surface area contributed by atoms with Crippen LogP contribution in [0.4, 0.5) is 0 Å². The number of carboxylic acids is 1. The van der Waals surface area contributed by atoms with Crippen LogP contribution in [0.5, 0.6) is 0 Å². The molecule has 60 valence electrons. The third kappa shape index (κ3) is 1.08. The normalized spacial score (nSPS) is 10.3. The Balaban J connectivity index is 2.62. The van der Waals surface area contributed by atoms with Crippen LogP contribution in [0.25, 0.3) is 11.1 Å². The maximum atomic E-state index is 10.6. The third-order valence-corrected chi connectivity index (χ3v) is 2.61. The van der Waals surface area contributed by atoms with Crippen LogP contribution >= 0.6 is 11.3 Å². The molecule has 12 heavy (non-hydrogen) atoms. The van der Waals surface area contributed by atoms with Crippen LogP contribution < -0.4 is 0 Å². The fraction of sp³-hybridized carbons (Fsp3) is 0. The summed E-state index contributed by atoms with van der Waals surface area (Å²) in [7, 11) is 0. The van der Waals surface area contributed by atoms with E-state index in [1.165, 1.54) is 11.3 Å². The molecule has 0 unspecified atom stereocenters. The lowest BCUT2D eigenvalue weighted by molar-refractivity contribution is 0.0702. The smallest absolute Gasteiger partial charge is 0.345 e. The van der Waals surface area contributed by atoms with Gasteiger partial charge < -0.3 is 5.11 Å². The molecule has 1 aliphatic heterocycles. The zero-order valence-electron chi connectivity index (χ0n) is 6.15. The van der Waals surface area contributed by atoms with E-state index in [2.05, 4.69) is 0 Å². The number of fused-ring (bicyclic) bond motifs is 1. The molecule has 0 bridgehead atoms. The Kier molecular flexibility index (Phi) is 1.59. The summed E-state index contributed by atoms with van der Waals surface area (Å²) >= 11 is 1.26. The molecule has 0 saturated carbocycles. The van der Waals surface area contributed by atoms with Crippen LogP contribution in [0.15, 0.2) is 29.6 Å². The first-order valence-corrected chi connectivity index (χ1v) is 4.36. The van der Waals surface area contributed by atoms with Gasteiger partial charge in [-0.2, -0.15) is 0 Å². The number of carboxylic acid groups (broad SMARTS) is 1. The minimum Gasteiger partial charge on any atom is -0.477 e. The van der Waals surface area contributed by atoms with Crippen LogP contribution in [-0.2, 0) is 0 Å². The minimum absolute atomic E-state index is 0.383. The summed E-state index contributed by atoms with van der Waals surface area (Å²) in [6, 6.07) is 7.50. The fourth-order valence-corrected chi connectivity index (χ4v) is 1.87. The predicted molar refractivity (Wildman–Crippen MR) is 47.9 cm³/mol. The SMILES string of the molecule is O=C(O)c1cc2cccc-2cs1. The number of carbonyl (C=O) groups is 1. The van der Waals surface area contributed by atoms with Gasteiger partial charge in [-0.3, -0.25) is 0 Å². The van der Waals surface area contributed by atoms with Gasteiger partial charge in [0.1, 0.15) is 4.88 Å². The minimum atomic E-state index is -0.858. The highest BCUT2D eigenvalue weighted by Crippen LogP contribution is 2.26. The monoisotopic (exact) mass is 178 g/mol. The van der Waals surface area contributed by atoms with Gasteiger partial charge in [-0.15, -0.1) is 11.3 Å². The second-order valence-electron chi connectivity index (χ2n) is 2.49. The van der Waals surface area contributed by atoms with Crippen LogP contribution in [-0.4, -0.2) is 11.1 Å². The van der Waals surface area contributed by atoms with E-state index in [-0.39, 0.29) is 0 Å². The molecule has 1 heterocycles. The highest BCUT2D eigenvalue weighted by Gasteiger charge is 2.07. The zero-order valence-corrected chi connectivity index (χ0v) is 6.97. The van der Waals surface area contributed by atoms with E-state index in [0.29, 0.717) is 4.88 Å². The van der Waals surface area contributed by atoms with Crippen molar-refractivity contribution in [2.24, 2.45) is 0 Å². The third-order valence-electron chi connectivity index (χ3n) is 1.70. The van der Waals surface area contributed by atoms with E-state index in [0.717, 1.165) is 11.1 Å². The second-order valence-corrected chi connectivity index (χ2v) is 3.40. The lowest BCUT2D eigenvalue weighted by Crippen LogP contribution is -1.93. The van der Waals surface area contributed by atoms with Gasteiger partial charge in [-0.1, -0.05) is 18.2 Å². The lowest BCUT2D eigenvalue weighted by atomic mass is 10.2. The molecule has 3 heteroatoms. The quantitative estimate of drug-likeness (QED) is 0.728. The van der Waals surface area contributed by atoms with Gasteiger partial charge in [-0.05, 0) is 22.6 Å². The largest absolute Gasteiger partial charge is 0.477 e. The summed E-state index contributed by atoms with van der Waals surface area (Å²) in [4.78, 5) is 11.0. The molecule has 0 saturated heterocycles. The molecule has 0 aromatic heterocycles. The summed E-state index contributed by atoms with van der Waals surface area (Å²) < 4.78 is 0. The topological polar surface area (TPSA) is 37.3 Å². The molecule has 2 nitrogen and oxygen atoms in total. The molecule has 0 aromatic rings. The van der Waals surface area contributed by atoms with E-state index in [1.807, 2.05) is 23.6 Å². The van der Waals surface area contributed by atoms with Crippen LogP contribution in [0.3, 0.4) is 0 Å². The number of aromatic carboxylic acids is 1. The van der Waals surface area contributed by atoms with E-state index in [9.17, 15) is 4.79 Å². The molecule has 0 atom stereocenters. The first-order chi connectivity index (χ1) is 5.77. The van der Waals surface area contributed by atoms with Crippen molar-refractivity contribution in [3.63, 3.8) is 0 Å². The first-order valence-electron chi connectivity index (χ1n) is 3.48. The van der Waals surface area contributed by atoms with Crippen LogP contribution in [0.2, 0.25) is 0 Å². The van der Waals surface area contributed by atoms with Gasteiger partial charge in [0.2, 0.25) is 0 Å². The Morgan fingerprint density at radius 2 is 2.08 bits per heavy atom. The predicted octanol–water partition coefficient (Wildman–Crippen LogP) is 2.55. The maximum absolute atomic E-state index is 10.6. The summed E-state index contributed by atoms with van der Waals surface area (Å²) in [5.41, 5.74) is 2.09. The Labute approximate surface area is 73.4 Å². The highest BCUT2D eigenvalue weighted by molar-refractivity contribution is 7.12. The van der Waals surface area contributed by atoms with Gasteiger partial charge in [-0.25, -0.2) is 4.79 Å². The summed E-state index contributed by atoms with van der Waals surface area (Å²) in [6.45, 7) is 0. The Morgan fingerprint density at radius 1 is 1.33 bits per heavy atom. The molecule has 2 aliphatic rings. The summed E-state index contributed by atoms with van der Waals surface area (Å²) in [5.74, 6) is -0.858. The number of hydrogen-bond donors (Lipinski definition) is 1. The summed E-state index contributed by atoms with van der Waals surface area (Å²) in [6.07, 6.45) is 0. The van der Waals surface area contributed by atoms with E-state index >= 15 is 0 Å². The van der Waals surface area contributed by atoms with Crippen molar-refractivity contribution in [3.05, 3.63) is 34.5 Å². The highest BCUT2D eigenvalue weighted by atomic mass is 32.1.